The average Bonchev–Trinajstić information content (AvgIpc) is 2.73. The Morgan fingerprint density at radius 2 is 1.91 bits per heavy atom. The number of unbranched alkanes of at least 4 members (excludes halogenated alkanes) is 5. The first-order valence-corrected chi connectivity index (χ1v) is 12.8. The number of aliphatic hydroxyl groups is 1. The summed E-state index contributed by atoms with van der Waals surface area (Å²) in [6.07, 6.45) is 7.42. The van der Waals surface area contributed by atoms with Gasteiger partial charge in [-0.25, -0.2) is 0 Å². The number of nitrogens with zero attached hydrogens (tertiary/aromatic N) is 1. The molecule has 1 aromatic rings. The van der Waals surface area contributed by atoms with Crippen molar-refractivity contribution < 1.29 is 19.4 Å². The van der Waals surface area contributed by atoms with Crippen molar-refractivity contribution in [1.82, 2.24) is 5.32 Å². The van der Waals surface area contributed by atoms with Crippen LogP contribution in [0.5, 0.6) is 5.75 Å². The maximum absolute atomic E-state index is 12.8. The Labute approximate surface area is 197 Å². The molecule has 0 fully saturated rings. The Kier molecular flexibility index (Phi) is 11.4. The number of thioether (sulfide) groups is 1. The number of nitrogens with one attached hydrogen (secondary N) is 1. The van der Waals surface area contributed by atoms with E-state index in [0.717, 1.165) is 42.0 Å². The lowest BCUT2D eigenvalue weighted by Gasteiger charge is -2.37. The summed E-state index contributed by atoms with van der Waals surface area (Å²) in [4.78, 5) is 25.7. The summed E-state index contributed by atoms with van der Waals surface area (Å²) < 4.78 is 6.02. The quantitative estimate of drug-likeness (QED) is 0.452. The number of anilines is 1. The number of amides is 1. The van der Waals surface area contributed by atoms with Crippen LogP contribution in [0.25, 0.3) is 0 Å². The van der Waals surface area contributed by atoms with Crippen LogP contribution in [0, 0.1) is 5.92 Å². The molecule has 2 atom stereocenters. The van der Waals surface area contributed by atoms with Gasteiger partial charge in [-0.15, -0.1) is 0 Å². The lowest BCUT2D eigenvalue weighted by molar-refractivity contribution is -0.124. The van der Waals surface area contributed by atoms with Crippen molar-refractivity contribution in [3.63, 3.8) is 0 Å². The van der Waals surface area contributed by atoms with Crippen LogP contribution in [-0.4, -0.2) is 54.2 Å². The number of benzene rings is 1. The van der Waals surface area contributed by atoms with Crippen molar-refractivity contribution in [1.29, 1.82) is 0 Å². The fraction of sp³-hybridized carbons (Fsp3) is 0.680. The van der Waals surface area contributed by atoms with Crippen LogP contribution in [-0.2, 0) is 16.0 Å². The molecular formula is C25H40N2O4S. The molecule has 1 aliphatic rings. The molecule has 180 valence electrons. The molecule has 0 saturated heterocycles. The van der Waals surface area contributed by atoms with E-state index >= 15 is 0 Å². The second-order valence-electron chi connectivity index (χ2n) is 8.99. The molecule has 0 bridgehead atoms. The van der Waals surface area contributed by atoms with E-state index in [1.54, 1.807) is 6.92 Å². The summed E-state index contributed by atoms with van der Waals surface area (Å²) in [5, 5.41) is 12.9. The van der Waals surface area contributed by atoms with Gasteiger partial charge in [0.1, 0.15) is 11.8 Å². The van der Waals surface area contributed by atoms with E-state index in [9.17, 15) is 14.7 Å². The van der Waals surface area contributed by atoms with Crippen molar-refractivity contribution >= 4 is 28.5 Å². The fourth-order valence-corrected chi connectivity index (χ4v) is 4.88. The van der Waals surface area contributed by atoms with Crippen LogP contribution in [0.1, 0.15) is 64.9 Å². The van der Waals surface area contributed by atoms with Crippen LogP contribution in [0.4, 0.5) is 5.69 Å². The third-order valence-corrected chi connectivity index (χ3v) is 6.80. The Balaban J connectivity index is 1.86. The molecule has 7 heteroatoms. The number of carbonyl (C=O) groups is 2. The molecule has 0 aromatic heterocycles. The number of rotatable bonds is 12. The van der Waals surface area contributed by atoms with Crippen molar-refractivity contribution in [2.24, 2.45) is 5.92 Å². The monoisotopic (exact) mass is 464 g/mol. The average molecular weight is 465 g/mol. The topological polar surface area (TPSA) is 78.9 Å². The molecule has 2 unspecified atom stereocenters. The molecule has 1 aromatic carbocycles. The SMILES string of the molecule is CC(=O)SCCCCCCCCOc1ccc2c(c1)N(C)C(C(C)C)C(=O)NC(CO)C2. The predicted octanol–water partition coefficient (Wildman–Crippen LogP) is 4.18. The van der Waals surface area contributed by atoms with E-state index < -0.39 is 0 Å². The lowest BCUT2D eigenvalue weighted by atomic mass is 9.95. The largest absolute Gasteiger partial charge is 0.494 e. The summed E-state index contributed by atoms with van der Waals surface area (Å²) in [6, 6.07) is 5.50. The number of likely N-dealkylation sites (N-methyl/N-ethyl adjacent to an activating group) is 1. The molecule has 0 saturated carbocycles. The fourth-order valence-electron chi connectivity index (χ4n) is 4.24. The van der Waals surface area contributed by atoms with E-state index in [2.05, 4.69) is 11.4 Å². The molecular weight excluding hydrogens is 424 g/mol. The van der Waals surface area contributed by atoms with Gasteiger partial charge in [0.15, 0.2) is 5.12 Å². The van der Waals surface area contributed by atoms with Gasteiger partial charge >= 0.3 is 0 Å². The van der Waals surface area contributed by atoms with Gasteiger partial charge in [-0.3, -0.25) is 9.59 Å². The van der Waals surface area contributed by atoms with E-state index in [4.69, 9.17) is 4.74 Å². The lowest BCUT2D eigenvalue weighted by Crippen LogP contribution is -2.54. The van der Waals surface area contributed by atoms with Gasteiger partial charge < -0.3 is 20.1 Å². The van der Waals surface area contributed by atoms with Crippen LogP contribution >= 0.6 is 11.8 Å². The number of carbonyl (C=O) groups excluding carboxylic acids is 2. The molecule has 0 spiro atoms. The molecule has 0 radical (unpaired) electrons. The first kappa shape index (κ1) is 26.5. The minimum Gasteiger partial charge on any atom is -0.494 e. The minimum atomic E-state index is -0.299. The Morgan fingerprint density at radius 3 is 2.56 bits per heavy atom. The van der Waals surface area contributed by atoms with Gasteiger partial charge in [-0.1, -0.05) is 57.4 Å². The van der Waals surface area contributed by atoms with E-state index in [0.29, 0.717) is 13.0 Å². The summed E-state index contributed by atoms with van der Waals surface area (Å²) >= 11 is 1.42. The summed E-state index contributed by atoms with van der Waals surface area (Å²) in [6.45, 7) is 6.31. The highest BCUT2D eigenvalue weighted by atomic mass is 32.2. The maximum atomic E-state index is 12.8. The highest BCUT2D eigenvalue weighted by Gasteiger charge is 2.32. The standard InChI is InChI=1S/C25H40N2O4S/c1-18(2)24-25(30)26-21(17-28)15-20-11-12-22(16-23(20)27(24)4)31-13-9-7-5-6-8-10-14-32-19(3)29/h11-12,16,18,21,24,28H,5-10,13-15,17H2,1-4H3,(H,26,30). The van der Waals surface area contributed by atoms with Crippen LogP contribution in [0.3, 0.4) is 0 Å². The third kappa shape index (κ3) is 8.32. The smallest absolute Gasteiger partial charge is 0.243 e. The molecule has 2 rings (SSSR count). The molecule has 1 heterocycles. The number of ether oxygens (including phenoxy) is 1. The molecule has 2 N–H and O–H groups in total. The number of hydrogen-bond acceptors (Lipinski definition) is 6. The molecule has 6 nitrogen and oxygen atoms in total. The van der Waals surface area contributed by atoms with Gasteiger partial charge in [0, 0.05) is 31.5 Å². The highest BCUT2D eigenvalue weighted by molar-refractivity contribution is 8.13. The van der Waals surface area contributed by atoms with Crippen molar-refractivity contribution in [3.05, 3.63) is 23.8 Å². The van der Waals surface area contributed by atoms with Crippen molar-refractivity contribution in [2.75, 3.05) is 30.9 Å². The molecule has 32 heavy (non-hydrogen) atoms. The van der Waals surface area contributed by atoms with Gasteiger partial charge in [-0.2, -0.15) is 0 Å². The minimum absolute atomic E-state index is 0.0431. The second kappa shape index (κ2) is 13.7. The Morgan fingerprint density at radius 1 is 1.22 bits per heavy atom. The second-order valence-corrected chi connectivity index (χ2v) is 10.3. The van der Waals surface area contributed by atoms with Crippen LogP contribution in [0.2, 0.25) is 0 Å². The Bertz CT molecular complexity index is 741. The van der Waals surface area contributed by atoms with Gasteiger partial charge in [0.2, 0.25) is 5.91 Å². The maximum Gasteiger partial charge on any atom is 0.243 e. The number of fused-ring (bicyclic) bond motifs is 1. The zero-order valence-corrected chi connectivity index (χ0v) is 20.9. The van der Waals surface area contributed by atoms with E-state index in [1.807, 2.05) is 37.9 Å². The molecule has 0 aliphatic carbocycles. The van der Waals surface area contributed by atoms with E-state index in [-0.39, 0.29) is 35.6 Å². The first-order chi connectivity index (χ1) is 15.3. The highest BCUT2D eigenvalue weighted by Crippen LogP contribution is 2.31. The number of aliphatic hydroxyl groups excluding tert-OH is 1. The molecule has 1 amide bonds. The van der Waals surface area contributed by atoms with Gasteiger partial charge in [0.25, 0.3) is 0 Å². The van der Waals surface area contributed by atoms with Gasteiger partial charge in [0.05, 0.1) is 19.3 Å². The predicted molar refractivity (Wildman–Crippen MR) is 133 cm³/mol. The summed E-state index contributed by atoms with van der Waals surface area (Å²) in [5.41, 5.74) is 2.10. The van der Waals surface area contributed by atoms with Crippen molar-refractivity contribution in [2.45, 2.75) is 77.8 Å². The number of hydrogen-bond donors (Lipinski definition) is 2. The first-order valence-electron chi connectivity index (χ1n) is 11.9. The summed E-state index contributed by atoms with van der Waals surface area (Å²) in [7, 11) is 1.96. The Hall–Kier alpha value is -1.73. The third-order valence-electron chi connectivity index (χ3n) is 5.90. The summed E-state index contributed by atoms with van der Waals surface area (Å²) in [5.74, 6) is 1.85. The normalized spacial score (nSPS) is 18.7. The molecule has 1 aliphatic heterocycles. The van der Waals surface area contributed by atoms with Crippen LogP contribution < -0.4 is 15.0 Å². The van der Waals surface area contributed by atoms with Gasteiger partial charge in [-0.05, 0) is 36.8 Å². The van der Waals surface area contributed by atoms with Crippen molar-refractivity contribution in [3.8, 4) is 5.75 Å². The zero-order valence-electron chi connectivity index (χ0n) is 20.1. The zero-order chi connectivity index (χ0) is 23.5. The van der Waals surface area contributed by atoms with Crippen LogP contribution in [0.15, 0.2) is 18.2 Å². The van der Waals surface area contributed by atoms with E-state index in [1.165, 1.54) is 31.0 Å².